The highest BCUT2D eigenvalue weighted by Crippen LogP contribution is 2.24. The molecule has 2 aliphatic heterocycles. The molecule has 0 bridgehead atoms. The Bertz CT molecular complexity index is 289. The Morgan fingerprint density at radius 3 is 2.24 bits per heavy atom. The predicted molar refractivity (Wildman–Crippen MR) is 81.9 cm³/mol. The second-order valence-corrected chi connectivity index (χ2v) is 6.01. The lowest BCUT2D eigenvalue weighted by atomic mass is 10.1. The molecule has 0 radical (unpaired) electrons. The summed E-state index contributed by atoms with van der Waals surface area (Å²) < 4.78 is 23.2. The molecule has 0 atom stereocenters. The molecule has 2 aliphatic rings. The van der Waals surface area contributed by atoms with Gasteiger partial charge in [0.15, 0.2) is 12.6 Å². The van der Waals surface area contributed by atoms with Crippen molar-refractivity contribution in [3.05, 3.63) is 12.2 Å². The van der Waals surface area contributed by atoms with Gasteiger partial charge in [0.2, 0.25) is 0 Å². The first kappa shape index (κ1) is 16.9. The fourth-order valence-corrected chi connectivity index (χ4v) is 2.62. The Balaban J connectivity index is 1.64. The maximum absolute atomic E-state index is 5.84. The van der Waals surface area contributed by atoms with E-state index in [1.165, 1.54) is 12.8 Å². The van der Waals surface area contributed by atoms with Gasteiger partial charge in [0.1, 0.15) is 0 Å². The third-order valence-electron chi connectivity index (χ3n) is 3.98. The Hall–Kier alpha value is -0.420. The molecule has 0 unspecified atom stereocenters. The summed E-state index contributed by atoms with van der Waals surface area (Å²) in [7, 11) is 0. The zero-order chi connectivity index (χ0) is 14.9. The first-order valence-electron chi connectivity index (χ1n) is 8.46. The smallest absolute Gasteiger partial charge is 0.164 e. The lowest BCUT2D eigenvalue weighted by Crippen LogP contribution is -2.44. The highest BCUT2D eigenvalue weighted by atomic mass is 16.7. The largest absolute Gasteiger partial charge is 0.352 e. The topological polar surface area (TPSA) is 36.9 Å². The Morgan fingerprint density at radius 1 is 0.905 bits per heavy atom. The van der Waals surface area contributed by atoms with Crippen molar-refractivity contribution in [2.75, 3.05) is 26.4 Å². The van der Waals surface area contributed by atoms with E-state index in [1.54, 1.807) is 0 Å². The maximum Gasteiger partial charge on any atom is 0.164 e. The Morgan fingerprint density at radius 2 is 1.62 bits per heavy atom. The van der Waals surface area contributed by atoms with Crippen LogP contribution in [0.25, 0.3) is 0 Å². The lowest BCUT2D eigenvalue weighted by Gasteiger charge is -2.37. The predicted octanol–water partition coefficient (Wildman–Crippen LogP) is 3.51. The summed E-state index contributed by atoms with van der Waals surface area (Å²) in [6.45, 7) is 7.19. The van der Waals surface area contributed by atoms with Crippen molar-refractivity contribution in [1.82, 2.24) is 0 Å². The van der Waals surface area contributed by atoms with Gasteiger partial charge in [0.25, 0.3) is 0 Å². The lowest BCUT2D eigenvalue weighted by molar-refractivity contribution is -0.278. The second kappa shape index (κ2) is 9.57. The number of hydrogen-bond donors (Lipinski definition) is 0. The third kappa shape index (κ3) is 5.70. The van der Waals surface area contributed by atoms with Crippen LogP contribution in [0.15, 0.2) is 12.2 Å². The van der Waals surface area contributed by atoms with E-state index in [1.807, 2.05) is 0 Å². The molecule has 21 heavy (non-hydrogen) atoms. The van der Waals surface area contributed by atoms with Crippen molar-refractivity contribution in [3.63, 3.8) is 0 Å². The molecule has 2 saturated heterocycles. The first-order chi connectivity index (χ1) is 10.3. The molecular formula is C17H30O4. The van der Waals surface area contributed by atoms with Crippen molar-refractivity contribution < 1.29 is 18.9 Å². The summed E-state index contributed by atoms with van der Waals surface area (Å²) in [5.41, 5.74) is 0. The van der Waals surface area contributed by atoms with Gasteiger partial charge >= 0.3 is 0 Å². The van der Waals surface area contributed by atoms with E-state index in [0.29, 0.717) is 19.1 Å². The van der Waals surface area contributed by atoms with Gasteiger partial charge in [-0.15, -0.1) is 0 Å². The molecule has 2 fully saturated rings. The molecule has 0 saturated carbocycles. The SMILES string of the molecule is CCCC=CC1COC(C2COC(CCCC)OC2)OC1. The number of hydrogen-bond acceptors (Lipinski definition) is 4. The maximum atomic E-state index is 5.84. The number of rotatable bonds is 7. The van der Waals surface area contributed by atoms with Crippen LogP contribution in [0, 0.1) is 11.8 Å². The molecule has 0 spiro atoms. The molecule has 4 heteroatoms. The first-order valence-corrected chi connectivity index (χ1v) is 8.46. The van der Waals surface area contributed by atoms with Gasteiger partial charge in [-0.05, 0) is 19.3 Å². The number of allylic oxidation sites excluding steroid dienone is 1. The summed E-state index contributed by atoms with van der Waals surface area (Å²) in [4.78, 5) is 0. The normalized spacial score (nSPS) is 34.4. The summed E-state index contributed by atoms with van der Waals surface area (Å²) in [6.07, 6.45) is 9.86. The molecule has 4 nitrogen and oxygen atoms in total. The Labute approximate surface area is 128 Å². The molecule has 2 heterocycles. The fraction of sp³-hybridized carbons (Fsp3) is 0.882. The van der Waals surface area contributed by atoms with Crippen LogP contribution in [-0.4, -0.2) is 39.0 Å². The van der Waals surface area contributed by atoms with Crippen LogP contribution < -0.4 is 0 Å². The van der Waals surface area contributed by atoms with Gasteiger partial charge in [-0.1, -0.05) is 38.8 Å². The average Bonchev–Trinajstić information content (AvgIpc) is 2.54. The van der Waals surface area contributed by atoms with Crippen molar-refractivity contribution >= 4 is 0 Å². The van der Waals surface area contributed by atoms with Crippen LogP contribution >= 0.6 is 0 Å². The van der Waals surface area contributed by atoms with E-state index in [2.05, 4.69) is 26.0 Å². The van der Waals surface area contributed by atoms with Gasteiger partial charge in [-0.25, -0.2) is 0 Å². The highest BCUT2D eigenvalue weighted by Gasteiger charge is 2.32. The minimum atomic E-state index is -0.173. The van der Waals surface area contributed by atoms with E-state index in [0.717, 1.165) is 32.5 Å². The minimum Gasteiger partial charge on any atom is -0.352 e. The van der Waals surface area contributed by atoms with E-state index in [4.69, 9.17) is 18.9 Å². The summed E-state index contributed by atoms with van der Waals surface area (Å²) in [5.74, 6) is 0.582. The summed E-state index contributed by atoms with van der Waals surface area (Å²) in [5, 5.41) is 0. The molecular weight excluding hydrogens is 268 g/mol. The van der Waals surface area contributed by atoms with Crippen LogP contribution in [0.5, 0.6) is 0 Å². The summed E-state index contributed by atoms with van der Waals surface area (Å²) in [6, 6.07) is 0. The van der Waals surface area contributed by atoms with Crippen molar-refractivity contribution in [1.29, 1.82) is 0 Å². The van der Waals surface area contributed by atoms with Crippen molar-refractivity contribution in [3.8, 4) is 0 Å². The highest BCUT2D eigenvalue weighted by molar-refractivity contribution is 4.89. The van der Waals surface area contributed by atoms with E-state index in [9.17, 15) is 0 Å². The molecule has 0 aliphatic carbocycles. The molecule has 0 N–H and O–H groups in total. The zero-order valence-electron chi connectivity index (χ0n) is 13.5. The van der Waals surface area contributed by atoms with Gasteiger partial charge in [0.05, 0.1) is 32.3 Å². The van der Waals surface area contributed by atoms with Crippen LogP contribution in [0.2, 0.25) is 0 Å². The van der Waals surface area contributed by atoms with Crippen LogP contribution in [0.1, 0.15) is 46.0 Å². The van der Waals surface area contributed by atoms with Crippen LogP contribution in [-0.2, 0) is 18.9 Å². The monoisotopic (exact) mass is 298 g/mol. The van der Waals surface area contributed by atoms with Crippen LogP contribution in [0.3, 0.4) is 0 Å². The molecule has 2 rings (SSSR count). The Kier molecular flexibility index (Phi) is 7.72. The van der Waals surface area contributed by atoms with Gasteiger partial charge in [-0.3, -0.25) is 0 Å². The zero-order valence-corrected chi connectivity index (χ0v) is 13.5. The van der Waals surface area contributed by atoms with Crippen molar-refractivity contribution in [2.24, 2.45) is 11.8 Å². The average molecular weight is 298 g/mol. The third-order valence-corrected chi connectivity index (χ3v) is 3.98. The molecule has 122 valence electrons. The van der Waals surface area contributed by atoms with E-state index in [-0.39, 0.29) is 18.5 Å². The summed E-state index contributed by atoms with van der Waals surface area (Å²) >= 11 is 0. The molecule has 0 amide bonds. The van der Waals surface area contributed by atoms with E-state index >= 15 is 0 Å². The van der Waals surface area contributed by atoms with Crippen molar-refractivity contribution in [2.45, 2.75) is 58.5 Å². The molecule has 0 aromatic carbocycles. The fourth-order valence-electron chi connectivity index (χ4n) is 2.62. The standard InChI is InChI=1S/C17H30O4/c1-3-5-7-8-14-10-20-17(21-11-14)15-12-18-16(19-13-15)9-6-4-2/h7-8,14-17H,3-6,9-13H2,1-2H3. The van der Waals surface area contributed by atoms with Crippen LogP contribution in [0.4, 0.5) is 0 Å². The quantitative estimate of drug-likeness (QED) is 0.674. The van der Waals surface area contributed by atoms with Gasteiger partial charge in [0, 0.05) is 5.92 Å². The minimum absolute atomic E-state index is 0.0329. The van der Waals surface area contributed by atoms with Gasteiger partial charge < -0.3 is 18.9 Å². The van der Waals surface area contributed by atoms with Gasteiger partial charge in [-0.2, -0.15) is 0 Å². The number of unbranched alkanes of at least 4 members (excludes halogenated alkanes) is 2. The molecule has 0 aromatic rings. The number of ether oxygens (including phenoxy) is 4. The second-order valence-electron chi connectivity index (χ2n) is 6.01. The van der Waals surface area contributed by atoms with E-state index < -0.39 is 0 Å². The molecule has 0 aromatic heterocycles.